The molecule has 0 aliphatic heterocycles. The van der Waals surface area contributed by atoms with Gasteiger partial charge in [0.05, 0.1) is 0 Å². The minimum atomic E-state index is -0.362. The minimum absolute atomic E-state index is 0.150. The first kappa shape index (κ1) is 20.1. The third-order valence-electron chi connectivity index (χ3n) is 4.13. The lowest BCUT2D eigenvalue weighted by molar-refractivity contribution is -0.148. The average molecular weight is 297 g/mol. The molecule has 0 spiro atoms. The lowest BCUT2D eigenvalue weighted by atomic mass is 9.93. The van der Waals surface area contributed by atoms with Crippen LogP contribution < -0.4 is 0 Å². The Hall–Kier alpha value is -0.860. The zero-order valence-corrected chi connectivity index (χ0v) is 14.8. The fourth-order valence-electron chi connectivity index (χ4n) is 3.05. The molecule has 0 radical (unpaired) electrons. The predicted molar refractivity (Wildman–Crippen MR) is 89.1 cm³/mol. The molecule has 0 aromatic rings. The summed E-state index contributed by atoms with van der Waals surface area (Å²) in [5.41, 5.74) is -0.362. The van der Waals surface area contributed by atoms with E-state index >= 15 is 0 Å². The van der Waals surface area contributed by atoms with Gasteiger partial charge in [-0.1, -0.05) is 64.7 Å². The van der Waals surface area contributed by atoms with Crippen molar-refractivity contribution in [3.63, 3.8) is 0 Å². The highest BCUT2D eigenvalue weighted by Gasteiger charge is 2.31. The third kappa shape index (κ3) is 8.90. The van der Waals surface area contributed by atoms with Crippen LogP contribution in [0.5, 0.6) is 0 Å². The molecule has 0 aromatic carbocycles. The summed E-state index contributed by atoms with van der Waals surface area (Å²) in [6, 6.07) is 0. The van der Waals surface area contributed by atoms with Crippen LogP contribution in [-0.2, 0) is 9.59 Å². The number of hydrogen-bond acceptors (Lipinski definition) is 2. The molecule has 0 unspecified atom stereocenters. The lowest BCUT2D eigenvalue weighted by Crippen LogP contribution is -2.49. The maximum atomic E-state index is 11.6. The number of carbonyl (C=O) groups excluding carboxylic acids is 2. The summed E-state index contributed by atoms with van der Waals surface area (Å²) in [5.74, 6) is -0.299. The zero-order chi connectivity index (χ0) is 16.3. The Bertz CT molecular complexity index is 296. The molecule has 0 bridgehead atoms. The first-order chi connectivity index (χ1) is 9.83. The van der Waals surface area contributed by atoms with Crippen molar-refractivity contribution < 1.29 is 9.59 Å². The molecule has 0 saturated heterocycles. The van der Waals surface area contributed by atoms with Gasteiger partial charge in [-0.15, -0.1) is 0 Å². The number of imide groups is 1. The fraction of sp³-hybridized carbons (Fsp3) is 0.889. The second-order valence-electron chi connectivity index (χ2n) is 6.76. The van der Waals surface area contributed by atoms with Crippen LogP contribution in [0.2, 0.25) is 0 Å². The standard InChI is InChI=1S/C18H35NO2/c1-6-7-8-9-10-11-12-13-14-15-18(4,5)19(16(2)20)17(3)21/h6-15H2,1-5H3. The summed E-state index contributed by atoms with van der Waals surface area (Å²) in [5, 5.41) is 0. The molecule has 21 heavy (non-hydrogen) atoms. The van der Waals surface area contributed by atoms with Gasteiger partial charge >= 0.3 is 0 Å². The van der Waals surface area contributed by atoms with Gasteiger partial charge in [-0.2, -0.15) is 0 Å². The largest absolute Gasteiger partial charge is 0.277 e. The second-order valence-corrected chi connectivity index (χ2v) is 6.76. The van der Waals surface area contributed by atoms with Crippen molar-refractivity contribution in [3.8, 4) is 0 Å². The Morgan fingerprint density at radius 3 is 1.52 bits per heavy atom. The Labute approximate surface area is 131 Å². The summed E-state index contributed by atoms with van der Waals surface area (Å²) in [6.07, 6.45) is 12.5. The van der Waals surface area contributed by atoms with Gasteiger partial charge in [-0.05, 0) is 20.3 Å². The number of carbonyl (C=O) groups is 2. The van der Waals surface area contributed by atoms with E-state index in [0.717, 1.165) is 12.8 Å². The van der Waals surface area contributed by atoms with Crippen molar-refractivity contribution in [1.29, 1.82) is 0 Å². The SMILES string of the molecule is CCCCCCCCCCCC(C)(C)N(C(C)=O)C(C)=O. The predicted octanol–water partition coefficient (Wildman–Crippen LogP) is 5.08. The monoisotopic (exact) mass is 297 g/mol. The molecule has 0 N–H and O–H groups in total. The van der Waals surface area contributed by atoms with Crippen molar-refractivity contribution in [1.82, 2.24) is 4.90 Å². The molecule has 0 rings (SSSR count). The molecule has 0 atom stereocenters. The number of rotatable bonds is 11. The van der Waals surface area contributed by atoms with Crippen LogP contribution in [0.25, 0.3) is 0 Å². The van der Waals surface area contributed by atoms with Gasteiger partial charge in [0.2, 0.25) is 11.8 Å². The van der Waals surface area contributed by atoms with Gasteiger partial charge in [-0.3, -0.25) is 14.5 Å². The number of nitrogens with zero attached hydrogens (tertiary/aromatic N) is 1. The Morgan fingerprint density at radius 2 is 1.14 bits per heavy atom. The molecular weight excluding hydrogens is 262 g/mol. The highest BCUT2D eigenvalue weighted by Crippen LogP contribution is 2.23. The van der Waals surface area contributed by atoms with Crippen LogP contribution in [0.1, 0.15) is 98.8 Å². The van der Waals surface area contributed by atoms with Gasteiger partial charge in [0.25, 0.3) is 0 Å². The average Bonchev–Trinajstić information content (AvgIpc) is 2.35. The summed E-state index contributed by atoms with van der Waals surface area (Å²) >= 11 is 0. The van der Waals surface area contributed by atoms with Crippen LogP contribution in [0.3, 0.4) is 0 Å². The van der Waals surface area contributed by atoms with Crippen LogP contribution >= 0.6 is 0 Å². The van der Waals surface area contributed by atoms with E-state index in [4.69, 9.17) is 0 Å². The van der Waals surface area contributed by atoms with E-state index in [-0.39, 0.29) is 17.4 Å². The van der Waals surface area contributed by atoms with Crippen molar-refractivity contribution in [3.05, 3.63) is 0 Å². The van der Waals surface area contributed by atoms with Gasteiger partial charge in [0, 0.05) is 19.4 Å². The Morgan fingerprint density at radius 1 is 0.762 bits per heavy atom. The van der Waals surface area contributed by atoms with E-state index < -0.39 is 0 Å². The molecule has 0 saturated carbocycles. The summed E-state index contributed by atoms with van der Waals surface area (Å²) < 4.78 is 0. The van der Waals surface area contributed by atoms with Crippen molar-refractivity contribution in [2.45, 2.75) is 104 Å². The number of unbranched alkanes of at least 4 members (excludes halogenated alkanes) is 8. The maximum absolute atomic E-state index is 11.6. The van der Waals surface area contributed by atoms with Crippen molar-refractivity contribution in [2.24, 2.45) is 0 Å². The third-order valence-corrected chi connectivity index (χ3v) is 4.13. The van der Waals surface area contributed by atoms with Crippen molar-refractivity contribution in [2.75, 3.05) is 0 Å². The van der Waals surface area contributed by atoms with E-state index in [1.165, 1.54) is 70.1 Å². The molecule has 0 aliphatic rings. The maximum Gasteiger partial charge on any atom is 0.226 e. The molecular formula is C18H35NO2. The van der Waals surface area contributed by atoms with E-state index in [2.05, 4.69) is 6.92 Å². The van der Waals surface area contributed by atoms with Crippen LogP contribution in [0, 0.1) is 0 Å². The Kier molecular flexibility index (Phi) is 10.4. The normalized spacial score (nSPS) is 11.5. The quantitative estimate of drug-likeness (QED) is 0.499. The molecule has 0 fully saturated rings. The summed E-state index contributed by atoms with van der Waals surface area (Å²) in [7, 11) is 0. The van der Waals surface area contributed by atoms with Gasteiger partial charge in [-0.25, -0.2) is 0 Å². The summed E-state index contributed by atoms with van der Waals surface area (Å²) in [4.78, 5) is 24.6. The van der Waals surface area contributed by atoms with Crippen LogP contribution in [0.15, 0.2) is 0 Å². The van der Waals surface area contributed by atoms with Gasteiger partial charge in [0.1, 0.15) is 0 Å². The van der Waals surface area contributed by atoms with E-state index in [1.807, 2.05) is 13.8 Å². The van der Waals surface area contributed by atoms with E-state index in [9.17, 15) is 9.59 Å². The molecule has 2 amide bonds. The smallest absolute Gasteiger partial charge is 0.226 e. The Balaban J connectivity index is 3.84. The first-order valence-corrected chi connectivity index (χ1v) is 8.64. The lowest BCUT2D eigenvalue weighted by Gasteiger charge is -2.35. The van der Waals surface area contributed by atoms with Gasteiger partial charge in [0.15, 0.2) is 0 Å². The summed E-state index contributed by atoms with van der Waals surface area (Å²) in [6.45, 7) is 9.16. The second kappa shape index (κ2) is 10.8. The molecule has 3 nitrogen and oxygen atoms in total. The van der Waals surface area contributed by atoms with E-state index in [0.29, 0.717) is 0 Å². The zero-order valence-electron chi connectivity index (χ0n) is 14.8. The highest BCUT2D eigenvalue weighted by molar-refractivity contribution is 5.93. The first-order valence-electron chi connectivity index (χ1n) is 8.64. The highest BCUT2D eigenvalue weighted by atomic mass is 16.2. The van der Waals surface area contributed by atoms with Crippen LogP contribution in [0.4, 0.5) is 0 Å². The minimum Gasteiger partial charge on any atom is -0.277 e. The van der Waals surface area contributed by atoms with Gasteiger partial charge < -0.3 is 0 Å². The fourth-order valence-corrected chi connectivity index (χ4v) is 3.05. The molecule has 0 heterocycles. The molecule has 0 aromatic heterocycles. The van der Waals surface area contributed by atoms with E-state index in [1.54, 1.807) is 0 Å². The van der Waals surface area contributed by atoms with Crippen molar-refractivity contribution >= 4 is 11.8 Å². The molecule has 3 heteroatoms. The molecule has 0 aliphatic carbocycles. The molecule has 124 valence electrons. The topological polar surface area (TPSA) is 37.4 Å². The number of amides is 2. The number of hydrogen-bond donors (Lipinski definition) is 0. The van der Waals surface area contributed by atoms with Crippen LogP contribution in [-0.4, -0.2) is 22.3 Å².